The molecule has 3 amide bonds. The topological polar surface area (TPSA) is 129 Å². The summed E-state index contributed by atoms with van der Waals surface area (Å²) in [4.78, 5) is 41.8. The second kappa shape index (κ2) is 16.3. The van der Waals surface area contributed by atoms with Crippen LogP contribution in [0.4, 0.5) is 4.39 Å². The molecule has 2 aromatic carbocycles. The summed E-state index contributed by atoms with van der Waals surface area (Å²) in [5.41, 5.74) is 7.41. The van der Waals surface area contributed by atoms with E-state index in [1.807, 2.05) is 19.9 Å². The number of carbonyl (C=O) groups is 3. The highest BCUT2D eigenvalue weighted by Crippen LogP contribution is 2.38. The Labute approximate surface area is 309 Å². The normalized spacial score (nSPS) is 14.0. The molecular formula is C37H57ClFN5O5Si2. The number of aromatic nitrogens is 2. The molecule has 282 valence electrons. The Kier molecular flexibility index (Phi) is 13.5. The Morgan fingerprint density at radius 3 is 2.22 bits per heavy atom. The molecule has 0 aliphatic carbocycles. The first-order valence-corrected chi connectivity index (χ1v) is 23.6. The van der Waals surface area contributed by atoms with Crippen molar-refractivity contribution in [1.82, 2.24) is 20.0 Å². The number of hydrogen-bond donors (Lipinski definition) is 2. The molecule has 1 heterocycles. The molecule has 0 radical (unpaired) electrons. The molecule has 0 aliphatic heterocycles. The van der Waals surface area contributed by atoms with Crippen LogP contribution in [0.15, 0.2) is 36.4 Å². The number of rotatable bonds is 15. The monoisotopic (exact) mass is 761 g/mol. The first-order chi connectivity index (χ1) is 23.4. The molecular weight excluding hydrogens is 705 g/mol. The highest BCUT2D eigenvalue weighted by atomic mass is 35.5. The molecule has 10 nitrogen and oxygen atoms in total. The largest absolute Gasteiger partial charge is 0.417 e. The van der Waals surface area contributed by atoms with Crippen LogP contribution in [0, 0.1) is 12.7 Å². The van der Waals surface area contributed by atoms with Crippen LogP contribution in [-0.4, -0.2) is 74.8 Å². The van der Waals surface area contributed by atoms with Gasteiger partial charge in [-0.2, -0.15) is 5.10 Å². The highest BCUT2D eigenvalue weighted by molar-refractivity contribution is 6.74. The molecule has 2 atom stereocenters. The number of fused-ring (bicyclic) bond motifs is 1. The van der Waals surface area contributed by atoms with E-state index in [-0.39, 0.29) is 46.1 Å². The predicted octanol–water partition coefficient (Wildman–Crippen LogP) is 7.74. The van der Waals surface area contributed by atoms with Gasteiger partial charge >= 0.3 is 0 Å². The van der Waals surface area contributed by atoms with Crippen molar-refractivity contribution < 1.29 is 27.6 Å². The summed E-state index contributed by atoms with van der Waals surface area (Å²) in [6, 6.07) is 8.86. The number of amides is 3. The summed E-state index contributed by atoms with van der Waals surface area (Å²) in [5.74, 6) is -2.23. The molecule has 0 bridgehead atoms. The van der Waals surface area contributed by atoms with Gasteiger partial charge in [0, 0.05) is 17.6 Å². The number of primary amides is 1. The number of nitrogens with one attached hydrogen (secondary N) is 1. The van der Waals surface area contributed by atoms with E-state index in [9.17, 15) is 14.4 Å². The molecule has 0 unspecified atom stereocenters. The first-order valence-electron chi connectivity index (χ1n) is 17.4. The van der Waals surface area contributed by atoms with Crippen molar-refractivity contribution >= 4 is 56.9 Å². The summed E-state index contributed by atoms with van der Waals surface area (Å²) < 4.78 is 29.7. The molecule has 14 heteroatoms. The first kappa shape index (κ1) is 42.3. The van der Waals surface area contributed by atoms with E-state index in [1.54, 1.807) is 24.3 Å². The van der Waals surface area contributed by atoms with Crippen LogP contribution in [0.1, 0.15) is 82.5 Å². The number of nitrogens with two attached hydrogens (primary N) is 1. The fourth-order valence-electron chi connectivity index (χ4n) is 5.08. The van der Waals surface area contributed by atoms with E-state index in [1.165, 1.54) is 15.6 Å². The summed E-state index contributed by atoms with van der Waals surface area (Å²) in [6.45, 7) is 24.9. The minimum atomic E-state index is -2.21. The molecule has 0 fully saturated rings. The third-order valence-corrected chi connectivity index (χ3v) is 19.8. The SMILES string of the molecule is Cc1ccc2c(c1)c(C(N)=O)nn2CC(=O)N(CC(=O)N[C@@H](CCO[Si](C)(C)C(C)(C)C)c1cccc(Cl)c1F)[C@H](C)CO[Si](C)(C)C(C)(C)C. The van der Waals surface area contributed by atoms with Gasteiger partial charge in [-0.1, -0.05) is 76.9 Å². The van der Waals surface area contributed by atoms with Crippen LogP contribution in [0.2, 0.25) is 41.3 Å². The smallest absolute Gasteiger partial charge is 0.269 e. The van der Waals surface area contributed by atoms with Crippen LogP contribution in [0.3, 0.4) is 0 Å². The zero-order chi connectivity index (χ0) is 38.7. The molecule has 0 aliphatic rings. The number of halogens is 2. The van der Waals surface area contributed by atoms with E-state index in [4.69, 9.17) is 26.2 Å². The molecule has 51 heavy (non-hydrogen) atoms. The number of carbonyl (C=O) groups excluding carboxylic acids is 3. The van der Waals surface area contributed by atoms with Gasteiger partial charge in [0.2, 0.25) is 11.8 Å². The Bertz CT molecular complexity index is 1730. The van der Waals surface area contributed by atoms with Gasteiger partial charge in [-0.3, -0.25) is 19.1 Å². The Hall–Kier alpha value is -3.11. The van der Waals surface area contributed by atoms with Crippen LogP contribution < -0.4 is 11.1 Å². The van der Waals surface area contributed by atoms with Crippen molar-refractivity contribution in [2.45, 2.75) is 117 Å². The average Bonchev–Trinajstić information content (AvgIpc) is 3.35. The van der Waals surface area contributed by atoms with Gasteiger partial charge < -0.3 is 24.8 Å². The van der Waals surface area contributed by atoms with Crippen molar-refractivity contribution in [3.63, 3.8) is 0 Å². The zero-order valence-electron chi connectivity index (χ0n) is 32.4. The van der Waals surface area contributed by atoms with Crippen molar-refractivity contribution in [3.05, 3.63) is 64.1 Å². The summed E-state index contributed by atoms with van der Waals surface area (Å²) in [6.07, 6.45) is 0.294. The third kappa shape index (κ3) is 10.5. The van der Waals surface area contributed by atoms with Crippen LogP contribution in [-0.2, 0) is 25.0 Å². The van der Waals surface area contributed by atoms with E-state index in [0.717, 1.165) is 5.56 Å². The van der Waals surface area contributed by atoms with Crippen LogP contribution in [0.25, 0.3) is 10.9 Å². The number of aryl methyl sites for hydroxylation is 1. The number of benzene rings is 2. The molecule has 3 rings (SSSR count). The fourth-order valence-corrected chi connectivity index (χ4v) is 7.41. The van der Waals surface area contributed by atoms with Gasteiger partial charge in [0.15, 0.2) is 22.3 Å². The molecule has 0 spiro atoms. The fraction of sp³-hybridized carbons (Fsp3) is 0.568. The van der Waals surface area contributed by atoms with Crippen molar-refractivity contribution in [2.24, 2.45) is 5.73 Å². The third-order valence-electron chi connectivity index (χ3n) is 10.5. The minimum absolute atomic E-state index is 0.0343. The van der Waals surface area contributed by atoms with E-state index in [2.05, 4.69) is 78.1 Å². The lowest BCUT2D eigenvalue weighted by Crippen LogP contribution is -2.51. The maximum atomic E-state index is 15.4. The molecule has 0 saturated heterocycles. The van der Waals surface area contributed by atoms with Crippen molar-refractivity contribution in [1.29, 1.82) is 0 Å². The van der Waals surface area contributed by atoms with Crippen molar-refractivity contribution in [3.8, 4) is 0 Å². The highest BCUT2D eigenvalue weighted by Gasteiger charge is 2.39. The second-order valence-corrected chi connectivity index (χ2v) is 26.5. The predicted molar refractivity (Wildman–Crippen MR) is 207 cm³/mol. The van der Waals surface area contributed by atoms with Gasteiger partial charge in [-0.25, -0.2) is 4.39 Å². The van der Waals surface area contributed by atoms with Gasteiger partial charge in [0.05, 0.1) is 35.8 Å². The van der Waals surface area contributed by atoms with Gasteiger partial charge in [0.25, 0.3) is 5.91 Å². The standard InChI is InChI=1S/C37H57ClFN5O5Si2/c1-24-16-17-30-27(20-24)34(35(40)47)42-44(30)22-32(46)43(25(2)23-49-51(11,12)37(6,7)8)21-31(45)41-29(26-14-13-15-28(38)33(26)39)18-19-48-50(9,10)36(3,4)5/h13-17,20,25,29H,18-19,21-23H2,1-12H3,(H2,40,47)(H,41,45)/t25-,29+/m1/s1. The summed E-state index contributed by atoms with van der Waals surface area (Å²) in [5, 5.41) is 7.74. The quantitative estimate of drug-likeness (QED) is 0.153. The molecule has 3 N–H and O–H groups in total. The zero-order valence-corrected chi connectivity index (χ0v) is 35.1. The van der Waals surface area contributed by atoms with Crippen LogP contribution in [0.5, 0.6) is 0 Å². The lowest BCUT2D eigenvalue weighted by atomic mass is 10.0. The van der Waals surface area contributed by atoms with Crippen LogP contribution >= 0.6 is 11.6 Å². The molecule has 1 aromatic heterocycles. The lowest BCUT2D eigenvalue weighted by molar-refractivity contribution is -0.139. The second-order valence-electron chi connectivity index (χ2n) is 16.5. The number of hydrogen-bond acceptors (Lipinski definition) is 6. The molecule has 0 saturated carbocycles. The summed E-state index contributed by atoms with van der Waals surface area (Å²) >= 11 is 6.17. The van der Waals surface area contributed by atoms with E-state index < -0.39 is 52.3 Å². The summed E-state index contributed by atoms with van der Waals surface area (Å²) in [7, 11) is -4.34. The van der Waals surface area contributed by atoms with E-state index in [0.29, 0.717) is 23.9 Å². The Balaban J connectivity index is 1.94. The molecule has 3 aromatic rings. The van der Waals surface area contributed by atoms with Gasteiger partial charge in [0.1, 0.15) is 12.4 Å². The average molecular weight is 763 g/mol. The Morgan fingerprint density at radius 2 is 1.63 bits per heavy atom. The lowest BCUT2D eigenvalue weighted by Gasteiger charge is -2.38. The maximum Gasteiger partial charge on any atom is 0.269 e. The van der Waals surface area contributed by atoms with Gasteiger partial charge in [-0.15, -0.1) is 0 Å². The van der Waals surface area contributed by atoms with Gasteiger partial charge in [-0.05, 0) is 74.7 Å². The Morgan fingerprint density at radius 1 is 1.02 bits per heavy atom. The maximum absolute atomic E-state index is 15.4. The number of nitrogens with zero attached hydrogens (tertiary/aromatic N) is 3. The van der Waals surface area contributed by atoms with E-state index >= 15 is 4.39 Å². The minimum Gasteiger partial charge on any atom is -0.417 e. The van der Waals surface area contributed by atoms with Crippen molar-refractivity contribution in [2.75, 3.05) is 19.8 Å².